The standard InChI is InChI=1S/C17H22N2O4S/c20-16-11-10-15(17(21)18-12-6-1-2-7-13-18)19(16)24(22,23)14-8-4-3-5-9-14/h3-5,8-9,15H,1-2,6-7,10-13H2. The molecule has 1 aromatic rings. The molecule has 7 heteroatoms. The van der Waals surface area contributed by atoms with Gasteiger partial charge in [0.2, 0.25) is 11.8 Å². The molecule has 130 valence electrons. The molecule has 2 saturated heterocycles. The van der Waals surface area contributed by atoms with Crippen LogP contribution in [-0.4, -0.2) is 48.6 Å². The smallest absolute Gasteiger partial charge is 0.267 e. The minimum Gasteiger partial charge on any atom is -0.341 e. The molecule has 2 heterocycles. The second kappa shape index (κ2) is 6.93. The molecule has 3 rings (SSSR count). The molecule has 1 unspecified atom stereocenters. The number of nitrogens with zero attached hydrogens (tertiary/aromatic N) is 2. The fourth-order valence-electron chi connectivity index (χ4n) is 3.39. The average molecular weight is 350 g/mol. The van der Waals surface area contributed by atoms with Crippen molar-refractivity contribution >= 4 is 21.8 Å². The Balaban J connectivity index is 1.88. The predicted molar refractivity (Wildman–Crippen MR) is 88.5 cm³/mol. The van der Waals surface area contributed by atoms with E-state index in [1.165, 1.54) is 12.1 Å². The van der Waals surface area contributed by atoms with Crippen molar-refractivity contribution < 1.29 is 18.0 Å². The fourth-order valence-corrected chi connectivity index (χ4v) is 5.01. The van der Waals surface area contributed by atoms with E-state index in [0.29, 0.717) is 13.1 Å². The van der Waals surface area contributed by atoms with Crippen molar-refractivity contribution in [3.05, 3.63) is 30.3 Å². The summed E-state index contributed by atoms with van der Waals surface area (Å²) in [7, 11) is -3.99. The van der Waals surface area contributed by atoms with E-state index < -0.39 is 22.0 Å². The summed E-state index contributed by atoms with van der Waals surface area (Å²) in [6, 6.07) is 6.94. The predicted octanol–water partition coefficient (Wildman–Crippen LogP) is 1.77. The van der Waals surface area contributed by atoms with Crippen LogP contribution in [0, 0.1) is 0 Å². The van der Waals surface area contributed by atoms with Crippen LogP contribution >= 0.6 is 0 Å². The van der Waals surface area contributed by atoms with E-state index in [0.717, 1.165) is 30.0 Å². The lowest BCUT2D eigenvalue weighted by Gasteiger charge is -2.29. The number of hydrogen-bond donors (Lipinski definition) is 0. The van der Waals surface area contributed by atoms with Crippen molar-refractivity contribution in [2.75, 3.05) is 13.1 Å². The number of rotatable bonds is 3. The third-order valence-corrected chi connectivity index (χ3v) is 6.51. The van der Waals surface area contributed by atoms with Crippen LogP contribution in [0.15, 0.2) is 35.2 Å². The van der Waals surface area contributed by atoms with Gasteiger partial charge in [-0.3, -0.25) is 9.59 Å². The largest absolute Gasteiger partial charge is 0.341 e. The van der Waals surface area contributed by atoms with E-state index in [-0.39, 0.29) is 23.6 Å². The number of sulfonamides is 1. The lowest BCUT2D eigenvalue weighted by molar-refractivity contribution is -0.137. The van der Waals surface area contributed by atoms with Gasteiger partial charge in [-0.2, -0.15) is 0 Å². The molecule has 0 spiro atoms. The fraction of sp³-hybridized carbons (Fsp3) is 0.529. The molecule has 0 saturated carbocycles. The highest BCUT2D eigenvalue weighted by molar-refractivity contribution is 7.89. The molecule has 0 bridgehead atoms. The summed E-state index contributed by atoms with van der Waals surface area (Å²) in [6.45, 7) is 1.28. The summed E-state index contributed by atoms with van der Waals surface area (Å²) in [5.74, 6) is -0.728. The first-order valence-electron chi connectivity index (χ1n) is 8.43. The first kappa shape index (κ1) is 17.0. The molecule has 1 aromatic carbocycles. The van der Waals surface area contributed by atoms with E-state index in [9.17, 15) is 18.0 Å². The van der Waals surface area contributed by atoms with Gasteiger partial charge < -0.3 is 4.90 Å². The van der Waals surface area contributed by atoms with E-state index in [2.05, 4.69) is 0 Å². The molecular weight excluding hydrogens is 328 g/mol. The minimum absolute atomic E-state index is 0.0499. The molecule has 2 aliphatic heterocycles. The molecular formula is C17H22N2O4S. The van der Waals surface area contributed by atoms with Crippen molar-refractivity contribution in [3.8, 4) is 0 Å². The number of carbonyl (C=O) groups is 2. The van der Waals surface area contributed by atoms with Gasteiger partial charge in [0, 0.05) is 19.5 Å². The molecule has 0 aromatic heterocycles. The van der Waals surface area contributed by atoms with Crippen molar-refractivity contribution in [2.24, 2.45) is 0 Å². The Bertz CT molecular complexity index is 709. The van der Waals surface area contributed by atoms with Gasteiger partial charge in [-0.1, -0.05) is 31.0 Å². The average Bonchev–Trinajstić information content (AvgIpc) is 2.81. The lowest BCUT2D eigenvalue weighted by Crippen LogP contribution is -2.49. The van der Waals surface area contributed by atoms with Crippen LogP contribution in [0.5, 0.6) is 0 Å². The molecule has 0 aliphatic carbocycles. The van der Waals surface area contributed by atoms with Crippen LogP contribution in [0.1, 0.15) is 38.5 Å². The summed E-state index contributed by atoms with van der Waals surface area (Å²) in [6.07, 6.45) is 4.38. The lowest BCUT2D eigenvalue weighted by atomic mass is 10.2. The van der Waals surface area contributed by atoms with E-state index in [4.69, 9.17) is 0 Å². The number of likely N-dealkylation sites (tertiary alicyclic amines) is 1. The van der Waals surface area contributed by atoms with Crippen molar-refractivity contribution in [2.45, 2.75) is 49.5 Å². The third kappa shape index (κ3) is 3.17. The molecule has 0 N–H and O–H groups in total. The Morgan fingerprint density at radius 3 is 2.25 bits per heavy atom. The molecule has 6 nitrogen and oxygen atoms in total. The van der Waals surface area contributed by atoms with Gasteiger partial charge in [-0.15, -0.1) is 0 Å². The van der Waals surface area contributed by atoms with Gasteiger partial charge in [-0.25, -0.2) is 12.7 Å². The molecule has 1 atom stereocenters. The molecule has 2 amide bonds. The van der Waals surface area contributed by atoms with Gasteiger partial charge in [0.15, 0.2) is 0 Å². The topological polar surface area (TPSA) is 74.8 Å². The molecule has 2 aliphatic rings. The minimum atomic E-state index is -3.99. The summed E-state index contributed by atoms with van der Waals surface area (Å²) in [4.78, 5) is 26.9. The molecule has 2 fully saturated rings. The Morgan fingerprint density at radius 2 is 1.62 bits per heavy atom. The quantitative estimate of drug-likeness (QED) is 0.833. The van der Waals surface area contributed by atoms with Crippen LogP contribution in [-0.2, 0) is 19.6 Å². The zero-order valence-corrected chi connectivity index (χ0v) is 14.4. The van der Waals surface area contributed by atoms with Gasteiger partial charge in [-0.05, 0) is 31.4 Å². The number of amides is 2. The normalized spacial score (nSPS) is 22.5. The molecule has 24 heavy (non-hydrogen) atoms. The van der Waals surface area contributed by atoms with Gasteiger partial charge in [0.1, 0.15) is 6.04 Å². The van der Waals surface area contributed by atoms with Crippen LogP contribution < -0.4 is 0 Å². The van der Waals surface area contributed by atoms with E-state index >= 15 is 0 Å². The number of benzene rings is 1. The van der Waals surface area contributed by atoms with Crippen LogP contribution in [0.25, 0.3) is 0 Å². The zero-order chi connectivity index (χ0) is 17.2. The van der Waals surface area contributed by atoms with Crippen LogP contribution in [0.3, 0.4) is 0 Å². The number of carbonyl (C=O) groups excluding carboxylic acids is 2. The maximum absolute atomic E-state index is 12.9. The Labute approximate surface area is 142 Å². The van der Waals surface area contributed by atoms with Crippen molar-refractivity contribution in [3.63, 3.8) is 0 Å². The zero-order valence-electron chi connectivity index (χ0n) is 13.6. The first-order chi connectivity index (χ1) is 11.5. The number of hydrogen-bond acceptors (Lipinski definition) is 4. The van der Waals surface area contributed by atoms with Gasteiger partial charge in [0.05, 0.1) is 4.90 Å². The van der Waals surface area contributed by atoms with Gasteiger partial charge in [0.25, 0.3) is 10.0 Å². The monoisotopic (exact) mass is 350 g/mol. The van der Waals surface area contributed by atoms with E-state index in [1.807, 2.05) is 0 Å². The Kier molecular flexibility index (Phi) is 4.89. The van der Waals surface area contributed by atoms with Crippen LogP contribution in [0.2, 0.25) is 0 Å². The summed E-state index contributed by atoms with van der Waals surface area (Å²) < 4.78 is 26.5. The van der Waals surface area contributed by atoms with Gasteiger partial charge >= 0.3 is 0 Å². The maximum atomic E-state index is 12.9. The van der Waals surface area contributed by atoms with Crippen LogP contribution in [0.4, 0.5) is 0 Å². The highest BCUT2D eigenvalue weighted by atomic mass is 32.2. The highest BCUT2D eigenvalue weighted by Crippen LogP contribution is 2.29. The second-order valence-corrected chi connectivity index (χ2v) is 8.12. The third-order valence-electron chi connectivity index (χ3n) is 4.66. The van der Waals surface area contributed by atoms with Crippen molar-refractivity contribution in [1.29, 1.82) is 0 Å². The summed E-state index contributed by atoms with van der Waals surface area (Å²) >= 11 is 0. The maximum Gasteiger partial charge on any atom is 0.267 e. The Hall–Kier alpha value is -1.89. The first-order valence-corrected chi connectivity index (χ1v) is 9.87. The SMILES string of the molecule is O=C(C1CCC(=O)N1S(=O)(=O)c1ccccc1)N1CCCCCC1. The van der Waals surface area contributed by atoms with Crippen molar-refractivity contribution in [1.82, 2.24) is 9.21 Å². The summed E-state index contributed by atoms with van der Waals surface area (Å²) in [5.41, 5.74) is 0. The summed E-state index contributed by atoms with van der Waals surface area (Å²) in [5, 5.41) is 0. The van der Waals surface area contributed by atoms with E-state index in [1.54, 1.807) is 23.1 Å². The molecule has 0 radical (unpaired) electrons. The highest BCUT2D eigenvalue weighted by Gasteiger charge is 2.45. The second-order valence-electron chi connectivity index (χ2n) is 6.30. The Morgan fingerprint density at radius 1 is 1.00 bits per heavy atom.